The van der Waals surface area contributed by atoms with Crippen LogP contribution in [0.25, 0.3) is 0 Å². The number of aryl methyl sites for hydroxylation is 1. The van der Waals surface area contributed by atoms with E-state index in [1.54, 1.807) is 43.3 Å². The van der Waals surface area contributed by atoms with Gasteiger partial charge in [0.05, 0.1) is 0 Å². The van der Waals surface area contributed by atoms with Gasteiger partial charge in [0.15, 0.2) is 0 Å². The molecule has 2 aromatic rings. The van der Waals surface area contributed by atoms with Gasteiger partial charge in [0.2, 0.25) is 5.91 Å². The number of benzene rings is 2. The van der Waals surface area contributed by atoms with Crippen molar-refractivity contribution in [2.24, 2.45) is 0 Å². The van der Waals surface area contributed by atoms with E-state index in [2.05, 4.69) is 26.6 Å². The minimum atomic E-state index is -1.18. The molecule has 0 aromatic heterocycles. The van der Waals surface area contributed by atoms with Crippen molar-refractivity contribution in [2.75, 3.05) is 11.9 Å². The molecule has 2 aromatic carbocycles. The summed E-state index contributed by atoms with van der Waals surface area (Å²) in [6.45, 7) is 3.24. The summed E-state index contributed by atoms with van der Waals surface area (Å²) in [6.07, 6.45) is 0. The summed E-state index contributed by atoms with van der Waals surface area (Å²) in [7, 11) is 0. The molecule has 2 N–H and O–H groups in total. The van der Waals surface area contributed by atoms with E-state index in [0.29, 0.717) is 11.3 Å². The van der Waals surface area contributed by atoms with Gasteiger partial charge in [-0.15, -0.1) is 0 Å². The Bertz CT molecular complexity index is 865. The summed E-state index contributed by atoms with van der Waals surface area (Å²) in [4.78, 5) is 38.3. The number of carbonyl (C=O) groups excluding carboxylic acids is 3. The van der Waals surface area contributed by atoms with E-state index in [-0.39, 0.29) is 6.54 Å². The largest absolute Gasteiger partial charge is 0.325 e. The van der Waals surface area contributed by atoms with Crippen LogP contribution in [0.5, 0.6) is 0 Å². The Morgan fingerprint density at radius 3 is 2.35 bits per heavy atom. The molecule has 0 aliphatic carbocycles. The van der Waals surface area contributed by atoms with Crippen molar-refractivity contribution in [3.8, 4) is 0 Å². The van der Waals surface area contributed by atoms with E-state index in [1.165, 1.54) is 0 Å². The van der Waals surface area contributed by atoms with Gasteiger partial charge < -0.3 is 10.6 Å². The number of anilines is 1. The van der Waals surface area contributed by atoms with Crippen molar-refractivity contribution >= 4 is 39.5 Å². The van der Waals surface area contributed by atoms with Crippen molar-refractivity contribution in [1.29, 1.82) is 0 Å². The monoisotopic (exact) mass is 415 g/mol. The van der Waals surface area contributed by atoms with E-state index in [4.69, 9.17) is 0 Å². The van der Waals surface area contributed by atoms with Gasteiger partial charge >= 0.3 is 6.03 Å². The van der Waals surface area contributed by atoms with Crippen LogP contribution in [-0.2, 0) is 15.1 Å². The Kier molecular flexibility index (Phi) is 4.82. The van der Waals surface area contributed by atoms with Crippen molar-refractivity contribution in [1.82, 2.24) is 10.2 Å². The summed E-state index contributed by atoms with van der Waals surface area (Å²) in [5.41, 5.74) is 1.14. The van der Waals surface area contributed by atoms with Crippen molar-refractivity contribution in [3.05, 3.63) is 64.1 Å². The van der Waals surface area contributed by atoms with E-state index in [9.17, 15) is 14.4 Å². The Morgan fingerprint density at radius 2 is 1.73 bits per heavy atom. The van der Waals surface area contributed by atoms with Crippen molar-refractivity contribution in [2.45, 2.75) is 19.4 Å². The van der Waals surface area contributed by atoms with Crippen LogP contribution in [-0.4, -0.2) is 29.3 Å². The highest BCUT2D eigenvalue weighted by Gasteiger charge is 2.49. The second-order valence-electron chi connectivity index (χ2n) is 6.37. The third-order valence-corrected chi connectivity index (χ3v) is 4.86. The second kappa shape index (κ2) is 6.92. The molecule has 3 rings (SSSR count). The van der Waals surface area contributed by atoms with Crippen LogP contribution < -0.4 is 10.6 Å². The number of imide groups is 1. The molecule has 1 aliphatic rings. The molecular formula is C19H18BrN3O3. The normalized spacial score (nSPS) is 19.4. The fraction of sp³-hybridized carbons (Fsp3) is 0.211. The Labute approximate surface area is 159 Å². The number of rotatable bonds is 4. The summed E-state index contributed by atoms with van der Waals surface area (Å²) in [5.74, 6) is -0.888. The van der Waals surface area contributed by atoms with Gasteiger partial charge in [-0.3, -0.25) is 14.5 Å². The summed E-state index contributed by atoms with van der Waals surface area (Å²) in [6, 6.07) is 13.8. The zero-order valence-electron chi connectivity index (χ0n) is 14.4. The lowest BCUT2D eigenvalue weighted by atomic mass is 9.91. The Hall–Kier alpha value is -2.67. The number of urea groups is 1. The van der Waals surface area contributed by atoms with Crippen LogP contribution in [0.1, 0.15) is 18.1 Å². The highest BCUT2D eigenvalue weighted by atomic mass is 79.9. The number of nitrogens with one attached hydrogen (secondary N) is 2. The van der Waals surface area contributed by atoms with E-state index < -0.39 is 23.4 Å². The van der Waals surface area contributed by atoms with Gasteiger partial charge in [-0.2, -0.15) is 0 Å². The molecule has 1 fully saturated rings. The molecule has 0 saturated carbocycles. The predicted molar refractivity (Wildman–Crippen MR) is 102 cm³/mol. The zero-order chi connectivity index (χ0) is 18.9. The van der Waals surface area contributed by atoms with E-state index in [0.717, 1.165) is 14.9 Å². The lowest BCUT2D eigenvalue weighted by Gasteiger charge is -2.22. The van der Waals surface area contributed by atoms with Gasteiger partial charge in [0.1, 0.15) is 12.1 Å². The van der Waals surface area contributed by atoms with Crippen LogP contribution in [0.3, 0.4) is 0 Å². The van der Waals surface area contributed by atoms with Gasteiger partial charge in [0.25, 0.3) is 5.91 Å². The number of hydrogen-bond donors (Lipinski definition) is 2. The molecule has 4 amide bonds. The second-order valence-corrected chi connectivity index (χ2v) is 7.28. The quantitative estimate of drug-likeness (QED) is 0.752. The number of amides is 4. The first-order chi connectivity index (χ1) is 12.3. The van der Waals surface area contributed by atoms with Gasteiger partial charge in [-0.05, 0) is 43.7 Å². The number of halogens is 1. The zero-order valence-corrected chi connectivity index (χ0v) is 16.0. The molecule has 0 radical (unpaired) electrons. The molecule has 1 saturated heterocycles. The third-order valence-electron chi connectivity index (χ3n) is 4.33. The first-order valence-corrected chi connectivity index (χ1v) is 8.85. The third kappa shape index (κ3) is 3.48. The molecule has 6 nitrogen and oxygen atoms in total. The molecule has 1 atom stereocenters. The lowest BCUT2D eigenvalue weighted by Crippen LogP contribution is -2.42. The standard InChI is InChI=1S/C19H18BrN3O3/c1-12-3-5-13(6-4-12)19(2)17(25)23(18(26)22-19)11-16(24)21-15-9-7-14(20)8-10-15/h3-10H,11H2,1-2H3,(H,21,24)(H,22,26)/t19-/m0/s1. The van der Waals surface area contributed by atoms with Crippen LogP contribution >= 0.6 is 15.9 Å². The highest BCUT2D eigenvalue weighted by molar-refractivity contribution is 9.10. The first-order valence-electron chi connectivity index (χ1n) is 8.06. The Morgan fingerprint density at radius 1 is 1.12 bits per heavy atom. The predicted octanol–water partition coefficient (Wildman–Crippen LogP) is 3.16. The van der Waals surface area contributed by atoms with Crippen molar-refractivity contribution < 1.29 is 14.4 Å². The minimum absolute atomic E-state index is 0.345. The summed E-state index contributed by atoms with van der Waals surface area (Å²) >= 11 is 3.32. The van der Waals surface area contributed by atoms with Gasteiger partial charge in [0, 0.05) is 10.2 Å². The molecule has 0 bridgehead atoms. The molecule has 1 aliphatic heterocycles. The van der Waals surface area contributed by atoms with Crippen molar-refractivity contribution in [3.63, 3.8) is 0 Å². The Balaban J connectivity index is 1.73. The molecule has 134 valence electrons. The number of carbonyl (C=O) groups is 3. The average molecular weight is 416 g/mol. The summed E-state index contributed by atoms with van der Waals surface area (Å²) < 4.78 is 0.887. The maximum Gasteiger partial charge on any atom is 0.325 e. The lowest BCUT2D eigenvalue weighted by molar-refractivity contribution is -0.133. The summed E-state index contributed by atoms with van der Waals surface area (Å²) in [5, 5.41) is 5.37. The SMILES string of the molecule is Cc1ccc([C@]2(C)NC(=O)N(CC(=O)Nc3ccc(Br)cc3)C2=O)cc1. The first kappa shape index (κ1) is 18.1. The fourth-order valence-corrected chi connectivity index (χ4v) is 3.06. The fourth-order valence-electron chi connectivity index (χ4n) is 2.80. The molecule has 0 spiro atoms. The van der Waals surface area contributed by atoms with Crippen LogP contribution in [0, 0.1) is 6.92 Å². The topological polar surface area (TPSA) is 78.5 Å². The molecule has 1 heterocycles. The van der Waals surface area contributed by atoms with Crippen LogP contribution in [0.2, 0.25) is 0 Å². The van der Waals surface area contributed by atoms with E-state index >= 15 is 0 Å². The molecule has 7 heteroatoms. The smallest absolute Gasteiger partial charge is 0.325 e. The van der Waals surface area contributed by atoms with Gasteiger partial charge in [-0.25, -0.2) is 4.79 Å². The molecular weight excluding hydrogens is 398 g/mol. The average Bonchev–Trinajstić information content (AvgIpc) is 2.82. The van der Waals surface area contributed by atoms with Crippen LogP contribution in [0.4, 0.5) is 10.5 Å². The van der Waals surface area contributed by atoms with E-state index in [1.807, 2.05) is 19.1 Å². The van der Waals surface area contributed by atoms with Crippen LogP contribution in [0.15, 0.2) is 53.0 Å². The maximum absolute atomic E-state index is 12.8. The highest BCUT2D eigenvalue weighted by Crippen LogP contribution is 2.29. The van der Waals surface area contributed by atoms with Gasteiger partial charge in [-0.1, -0.05) is 45.8 Å². The minimum Gasteiger partial charge on any atom is -0.325 e. The number of hydrogen-bond acceptors (Lipinski definition) is 3. The maximum atomic E-state index is 12.8. The molecule has 0 unspecified atom stereocenters. The number of nitrogens with zero attached hydrogens (tertiary/aromatic N) is 1. The molecule has 26 heavy (non-hydrogen) atoms.